The molecule has 0 aliphatic heterocycles. The third kappa shape index (κ3) is 4.59. The highest BCUT2D eigenvalue weighted by atomic mass is 16.5. The minimum absolute atomic E-state index is 0.236. The zero-order valence-electron chi connectivity index (χ0n) is 14.4. The molecule has 2 aromatic carbocycles. The summed E-state index contributed by atoms with van der Waals surface area (Å²) in [7, 11) is 1.27. The number of benzene rings is 2. The second kappa shape index (κ2) is 8.50. The van der Waals surface area contributed by atoms with Gasteiger partial charge in [-0.15, -0.1) is 0 Å². The summed E-state index contributed by atoms with van der Waals surface area (Å²) in [6.45, 7) is 4.55. The molecular formula is C20H24O4. The zero-order valence-corrected chi connectivity index (χ0v) is 14.4. The molecule has 0 saturated carbocycles. The fraction of sp³-hybridized carbons (Fsp3) is 0.350. The highest BCUT2D eigenvalue weighted by Crippen LogP contribution is 2.27. The van der Waals surface area contributed by atoms with E-state index in [1.165, 1.54) is 7.11 Å². The molecule has 2 rings (SSSR count). The van der Waals surface area contributed by atoms with Crippen LogP contribution in [0.25, 0.3) is 0 Å². The molecule has 0 spiro atoms. The van der Waals surface area contributed by atoms with Crippen LogP contribution in [0.15, 0.2) is 42.5 Å². The van der Waals surface area contributed by atoms with Crippen molar-refractivity contribution < 1.29 is 19.4 Å². The van der Waals surface area contributed by atoms with E-state index in [1.807, 2.05) is 49.4 Å². The number of ether oxygens (including phenoxy) is 2. The molecule has 24 heavy (non-hydrogen) atoms. The molecule has 0 bridgehead atoms. The Bertz CT molecular complexity index is 680. The predicted octanol–water partition coefficient (Wildman–Crippen LogP) is 3.21. The van der Waals surface area contributed by atoms with Crippen LogP contribution in [-0.2, 0) is 29.0 Å². The summed E-state index contributed by atoms with van der Waals surface area (Å²) in [5, 5.41) is 9.84. The van der Waals surface area contributed by atoms with Crippen LogP contribution in [0.4, 0.5) is 0 Å². The van der Waals surface area contributed by atoms with Gasteiger partial charge in [-0.2, -0.15) is 0 Å². The molecule has 128 valence electrons. The largest absolute Gasteiger partial charge is 0.488 e. The van der Waals surface area contributed by atoms with Crippen molar-refractivity contribution in [3.63, 3.8) is 0 Å². The maximum atomic E-state index is 11.4. The Morgan fingerprint density at radius 3 is 2.50 bits per heavy atom. The summed E-state index contributed by atoms with van der Waals surface area (Å²) in [5.41, 5.74) is 4.08. The van der Waals surface area contributed by atoms with E-state index in [4.69, 9.17) is 4.74 Å². The summed E-state index contributed by atoms with van der Waals surface area (Å²) in [5.74, 6) is 0.257. The summed E-state index contributed by atoms with van der Waals surface area (Å²) >= 11 is 0. The molecule has 2 aromatic rings. The quantitative estimate of drug-likeness (QED) is 0.793. The van der Waals surface area contributed by atoms with E-state index in [0.717, 1.165) is 34.4 Å². The second-order valence-electron chi connectivity index (χ2n) is 5.77. The van der Waals surface area contributed by atoms with Crippen LogP contribution in [-0.4, -0.2) is 24.3 Å². The van der Waals surface area contributed by atoms with Gasteiger partial charge in [-0.05, 0) is 35.6 Å². The Balaban J connectivity index is 2.16. The van der Waals surface area contributed by atoms with Gasteiger partial charge in [0.15, 0.2) is 6.10 Å². The van der Waals surface area contributed by atoms with Crippen molar-refractivity contribution >= 4 is 5.97 Å². The maximum absolute atomic E-state index is 11.4. The molecule has 0 fully saturated rings. The third-order valence-electron chi connectivity index (χ3n) is 3.92. The zero-order chi connectivity index (χ0) is 17.5. The van der Waals surface area contributed by atoms with Crippen molar-refractivity contribution in [2.75, 3.05) is 7.11 Å². The molecule has 0 radical (unpaired) electrons. The number of rotatable bonds is 7. The normalized spacial score (nSPS) is 11.8. The van der Waals surface area contributed by atoms with Crippen molar-refractivity contribution in [2.24, 2.45) is 0 Å². The Morgan fingerprint density at radius 2 is 1.88 bits per heavy atom. The number of aliphatic hydroxyl groups is 1. The molecule has 4 heteroatoms. The Kier molecular flexibility index (Phi) is 6.38. The lowest BCUT2D eigenvalue weighted by Gasteiger charge is -2.16. The molecule has 1 atom stereocenters. The summed E-state index contributed by atoms with van der Waals surface area (Å²) in [6, 6.07) is 14.0. The number of aliphatic hydroxyl groups excluding tert-OH is 1. The first kappa shape index (κ1) is 18.0. The minimum atomic E-state index is -1.14. The van der Waals surface area contributed by atoms with Gasteiger partial charge in [0.25, 0.3) is 0 Å². The number of methoxy groups -OCH3 is 1. The molecule has 0 aromatic heterocycles. The van der Waals surface area contributed by atoms with Gasteiger partial charge < -0.3 is 14.6 Å². The number of esters is 1. The SMILES string of the molecule is CCc1cc(C[C@@H](O)C(=O)OC)cc(C)c1OCc1ccccc1. The molecular weight excluding hydrogens is 304 g/mol. The molecule has 0 heterocycles. The van der Waals surface area contributed by atoms with E-state index in [9.17, 15) is 9.90 Å². The molecule has 1 N–H and O–H groups in total. The highest BCUT2D eigenvalue weighted by molar-refractivity contribution is 5.74. The lowest BCUT2D eigenvalue weighted by atomic mass is 9.99. The van der Waals surface area contributed by atoms with Crippen LogP contribution in [0, 0.1) is 6.92 Å². The first-order valence-corrected chi connectivity index (χ1v) is 8.10. The minimum Gasteiger partial charge on any atom is -0.488 e. The lowest BCUT2D eigenvalue weighted by Crippen LogP contribution is -2.24. The van der Waals surface area contributed by atoms with E-state index < -0.39 is 12.1 Å². The average molecular weight is 328 g/mol. The molecule has 0 unspecified atom stereocenters. The standard InChI is InChI=1S/C20H24O4/c1-4-17-11-16(12-18(21)20(22)23-3)10-14(2)19(17)24-13-15-8-6-5-7-9-15/h5-11,18,21H,4,12-13H2,1-3H3/t18-/m1/s1. The van der Waals surface area contributed by atoms with Gasteiger partial charge in [-0.3, -0.25) is 0 Å². The van der Waals surface area contributed by atoms with Crippen LogP contribution in [0.2, 0.25) is 0 Å². The number of aryl methyl sites for hydroxylation is 2. The van der Waals surface area contributed by atoms with Crippen molar-refractivity contribution in [3.8, 4) is 5.75 Å². The first-order chi connectivity index (χ1) is 11.5. The van der Waals surface area contributed by atoms with Crippen molar-refractivity contribution in [2.45, 2.75) is 39.4 Å². The summed E-state index contributed by atoms with van der Waals surface area (Å²) < 4.78 is 10.6. The van der Waals surface area contributed by atoms with Crippen molar-refractivity contribution in [1.29, 1.82) is 0 Å². The van der Waals surface area contributed by atoms with E-state index in [0.29, 0.717) is 6.61 Å². The predicted molar refractivity (Wildman–Crippen MR) is 93.1 cm³/mol. The van der Waals surface area contributed by atoms with Crippen LogP contribution < -0.4 is 4.74 Å². The fourth-order valence-electron chi connectivity index (χ4n) is 2.69. The van der Waals surface area contributed by atoms with Gasteiger partial charge in [-0.25, -0.2) is 4.79 Å². The summed E-state index contributed by atoms with van der Waals surface area (Å²) in [6.07, 6.45) is -0.0951. The topological polar surface area (TPSA) is 55.8 Å². The van der Waals surface area contributed by atoms with Gasteiger partial charge >= 0.3 is 5.97 Å². The molecule has 0 aliphatic rings. The number of hydrogen-bond donors (Lipinski definition) is 1. The fourth-order valence-corrected chi connectivity index (χ4v) is 2.69. The second-order valence-corrected chi connectivity index (χ2v) is 5.77. The maximum Gasteiger partial charge on any atom is 0.335 e. The van der Waals surface area contributed by atoms with Gasteiger partial charge in [-0.1, -0.05) is 49.4 Å². The number of hydrogen-bond acceptors (Lipinski definition) is 4. The van der Waals surface area contributed by atoms with Crippen LogP contribution in [0.3, 0.4) is 0 Å². The summed E-state index contributed by atoms with van der Waals surface area (Å²) in [4.78, 5) is 11.4. The van der Waals surface area contributed by atoms with Crippen LogP contribution >= 0.6 is 0 Å². The molecule has 0 amide bonds. The van der Waals surface area contributed by atoms with Crippen molar-refractivity contribution in [3.05, 3.63) is 64.7 Å². The van der Waals surface area contributed by atoms with E-state index in [2.05, 4.69) is 11.7 Å². The number of carbonyl (C=O) groups excluding carboxylic acids is 1. The third-order valence-corrected chi connectivity index (χ3v) is 3.92. The number of carbonyl (C=O) groups is 1. The van der Waals surface area contributed by atoms with Gasteiger partial charge in [0.1, 0.15) is 12.4 Å². The molecule has 0 aliphatic carbocycles. The molecule has 4 nitrogen and oxygen atoms in total. The van der Waals surface area contributed by atoms with E-state index in [-0.39, 0.29) is 6.42 Å². The van der Waals surface area contributed by atoms with Crippen molar-refractivity contribution in [1.82, 2.24) is 0 Å². The Hall–Kier alpha value is -2.33. The lowest BCUT2D eigenvalue weighted by molar-refractivity contribution is -0.150. The molecule has 0 saturated heterocycles. The van der Waals surface area contributed by atoms with E-state index >= 15 is 0 Å². The van der Waals surface area contributed by atoms with Gasteiger partial charge in [0.2, 0.25) is 0 Å². The van der Waals surface area contributed by atoms with Gasteiger partial charge in [0.05, 0.1) is 7.11 Å². The Labute approximate surface area is 143 Å². The van der Waals surface area contributed by atoms with Crippen LogP contribution in [0.1, 0.15) is 29.2 Å². The monoisotopic (exact) mass is 328 g/mol. The average Bonchev–Trinajstić information content (AvgIpc) is 2.60. The van der Waals surface area contributed by atoms with E-state index in [1.54, 1.807) is 0 Å². The smallest absolute Gasteiger partial charge is 0.335 e. The highest BCUT2D eigenvalue weighted by Gasteiger charge is 2.17. The van der Waals surface area contributed by atoms with Gasteiger partial charge in [0, 0.05) is 6.42 Å². The Morgan fingerprint density at radius 1 is 1.17 bits per heavy atom. The first-order valence-electron chi connectivity index (χ1n) is 8.10. The van der Waals surface area contributed by atoms with Crippen LogP contribution in [0.5, 0.6) is 5.75 Å².